The molecule has 1 aliphatic carbocycles. The predicted octanol–water partition coefficient (Wildman–Crippen LogP) is 5.81. The number of amides is 1. The first kappa shape index (κ1) is 27.9. The molecule has 0 spiro atoms. The molecule has 9 heteroatoms. The van der Waals surface area contributed by atoms with Crippen molar-refractivity contribution in [3.8, 4) is 34.5 Å². The number of nitrogens with zero attached hydrogens (tertiary/aromatic N) is 1. The van der Waals surface area contributed by atoms with Crippen molar-refractivity contribution in [3.63, 3.8) is 0 Å². The van der Waals surface area contributed by atoms with Crippen LogP contribution >= 0.6 is 0 Å². The van der Waals surface area contributed by atoms with Crippen molar-refractivity contribution in [2.75, 3.05) is 48.0 Å². The molecule has 0 radical (unpaired) electrons. The van der Waals surface area contributed by atoms with Gasteiger partial charge in [-0.25, -0.2) is 0 Å². The van der Waals surface area contributed by atoms with E-state index in [2.05, 4.69) is 10.3 Å². The molecule has 4 aromatic rings. The average Bonchev–Trinajstić information content (AvgIpc) is 2.99. The Morgan fingerprint density at radius 2 is 1.20 bits per heavy atom. The van der Waals surface area contributed by atoms with Crippen LogP contribution in [0.25, 0.3) is 10.9 Å². The molecule has 1 N–H and O–H groups in total. The van der Waals surface area contributed by atoms with Gasteiger partial charge in [-0.15, -0.1) is 0 Å². The highest BCUT2D eigenvalue weighted by Crippen LogP contribution is 2.57. The van der Waals surface area contributed by atoms with E-state index >= 15 is 0 Å². The molecule has 3 atom stereocenters. The van der Waals surface area contributed by atoms with Crippen LogP contribution in [0.1, 0.15) is 29.4 Å². The Hall–Kier alpha value is -4.66. The Morgan fingerprint density at radius 1 is 0.707 bits per heavy atom. The second kappa shape index (κ2) is 11.8. The minimum atomic E-state index is -0.431. The summed E-state index contributed by atoms with van der Waals surface area (Å²) in [7, 11) is 9.46. The number of aromatic nitrogens is 1. The van der Waals surface area contributed by atoms with Crippen molar-refractivity contribution >= 4 is 22.5 Å². The highest BCUT2D eigenvalue weighted by molar-refractivity contribution is 6.02. The molecule has 1 aromatic heterocycles. The van der Waals surface area contributed by atoms with Crippen LogP contribution in [0, 0.1) is 5.92 Å². The van der Waals surface area contributed by atoms with Gasteiger partial charge in [0.15, 0.2) is 23.0 Å². The summed E-state index contributed by atoms with van der Waals surface area (Å²) in [5, 5.41) is 4.12. The number of fused-ring (bicyclic) bond motifs is 1. The Labute approximate surface area is 239 Å². The lowest BCUT2D eigenvalue weighted by Gasteiger charge is -2.44. The molecule has 1 amide bonds. The summed E-state index contributed by atoms with van der Waals surface area (Å²) in [6.07, 6.45) is 2.42. The molecule has 3 aromatic carbocycles. The van der Waals surface area contributed by atoms with Gasteiger partial charge in [-0.05, 0) is 65.8 Å². The maximum Gasteiger partial charge on any atom is 0.228 e. The van der Waals surface area contributed by atoms with Gasteiger partial charge in [0.1, 0.15) is 0 Å². The number of benzene rings is 3. The van der Waals surface area contributed by atoms with Crippen LogP contribution in [0.5, 0.6) is 34.5 Å². The maximum absolute atomic E-state index is 14.2. The molecule has 214 valence electrons. The van der Waals surface area contributed by atoms with E-state index in [-0.39, 0.29) is 17.7 Å². The van der Waals surface area contributed by atoms with E-state index in [4.69, 9.17) is 28.4 Å². The smallest absolute Gasteiger partial charge is 0.228 e. The van der Waals surface area contributed by atoms with Gasteiger partial charge in [-0.2, -0.15) is 0 Å². The number of hydrogen-bond acceptors (Lipinski definition) is 8. The van der Waals surface area contributed by atoms with Crippen LogP contribution in [0.3, 0.4) is 0 Å². The molecular formula is C32H34N2O7. The average molecular weight is 559 g/mol. The number of carbonyl (C=O) groups excluding carboxylic acids is 1. The van der Waals surface area contributed by atoms with Crippen LogP contribution in [-0.2, 0) is 4.79 Å². The molecule has 1 fully saturated rings. The molecule has 0 bridgehead atoms. The zero-order valence-electron chi connectivity index (χ0n) is 24.0. The van der Waals surface area contributed by atoms with Gasteiger partial charge >= 0.3 is 0 Å². The third-order valence-electron chi connectivity index (χ3n) is 7.80. The molecule has 5 rings (SSSR count). The van der Waals surface area contributed by atoms with Gasteiger partial charge in [0.05, 0.1) is 59.8 Å². The molecule has 1 saturated carbocycles. The van der Waals surface area contributed by atoms with Crippen molar-refractivity contribution in [3.05, 3.63) is 71.9 Å². The number of nitrogens with one attached hydrogen (secondary N) is 1. The summed E-state index contributed by atoms with van der Waals surface area (Å²) in [6, 6.07) is 17.3. The number of hydrogen-bond donors (Lipinski definition) is 1. The lowest BCUT2D eigenvalue weighted by Crippen LogP contribution is -2.42. The quantitative estimate of drug-likeness (QED) is 0.260. The van der Waals surface area contributed by atoms with E-state index in [1.165, 1.54) is 0 Å². The molecule has 1 unspecified atom stereocenters. The maximum atomic E-state index is 14.2. The molecule has 9 nitrogen and oxygen atoms in total. The fourth-order valence-electron chi connectivity index (χ4n) is 5.76. The van der Waals surface area contributed by atoms with Gasteiger partial charge < -0.3 is 33.7 Å². The standard InChI is InChI=1S/C32H34N2O7/c1-36-24-13-19(14-25(37-2)30(24)40-5)21-17-22(20-15-26(38-3)31(41-6)27(16-20)39-4)28(21)32(35)34-23-11-7-9-18-10-8-12-33-29(18)23/h7-16,21-22,28H,17H2,1-6H3,(H,34,35)/t21-,22+,28?. The number of rotatable bonds is 10. The topological polar surface area (TPSA) is 97.4 Å². The largest absolute Gasteiger partial charge is 0.493 e. The lowest BCUT2D eigenvalue weighted by molar-refractivity contribution is -0.124. The Morgan fingerprint density at radius 3 is 1.66 bits per heavy atom. The molecule has 0 saturated heterocycles. The second-order valence-corrected chi connectivity index (χ2v) is 9.76. The highest BCUT2D eigenvalue weighted by Gasteiger charge is 2.48. The summed E-state index contributed by atoms with van der Waals surface area (Å²) in [5.74, 6) is 2.35. The van der Waals surface area contributed by atoms with Crippen molar-refractivity contribution in [2.24, 2.45) is 5.92 Å². The van der Waals surface area contributed by atoms with Gasteiger partial charge in [-0.1, -0.05) is 18.2 Å². The van der Waals surface area contributed by atoms with E-state index < -0.39 is 5.92 Å². The van der Waals surface area contributed by atoms with Gasteiger partial charge in [0.25, 0.3) is 0 Å². The Bertz CT molecular complexity index is 1450. The zero-order chi connectivity index (χ0) is 29.1. The molecular weight excluding hydrogens is 524 g/mol. The number of anilines is 1. The summed E-state index contributed by atoms with van der Waals surface area (Å²) < 4.78 is 33.5. The number of carbonyl (C=O) groups is 1. The molecule has 0 aliphatic heterocycles. The minimum Gasteiger partial charge on any atom is -0.493 e. The first-order valence-electron chi connectivity index (χ1n) is 13.2. The van der Waals surface area contributed by atoms with Crippen molar-refractivity contribution in [1.29, 1.82) is 0 Å². The van der Waals surface area contributed by atoms with Crippen molar-refractivity contribution in [1.82, 2.24) is 4.98 Å². The van der Waals surface area contributed by atoms with E-state index in [9.17, 15) is 4.79 Å². The Balaban J connectivity index is 1.58. The number of methoxy groups -OCH3 is 6. The molecule has 41 heavy (non-hydrogen) atoms. The highest BCUT2D eigenvalue weighted by atomic mass is 16.5. The van der Waals surface area contributed by atoms with E-state index in [1.807, 2.05) is 54.6 Å². The van der Waals surface area contributed by atoms with Gasteiger partial charge in [0.2, 0.25) is 17.4 Å². The first-order valence-corrected chi connectivity index (χ1v) is 13.2. The number of ether oxygens (including phenoxy) is 6. The molecule has 1 aliphatic rings. The van der Waals surface area contributed by atoms with Crippen molar-refractivity contribution in [2.45, 2.75) is 18.3 Å². The predicted molar refractivity (Wildman–Crippen MR) is 156 cm³/mol. The monoisotopic (exact) mass is 558 g/mol. The second-order valence-electron chi connectivity index (χ2n) is 9.76. The third kappa shape index (κ3) is 5.03. The van der Waals surface area contributed by atoms with Crippen LogP contribution in [0.15, 0.2) is 60.8 Å². The molecule has 1 heterocycles. The fraction of sp³-hybridized carbons (Fsp3) is 0.312. The van der Waals surface area contributed by atoms with E-state index in [1.54, 1.807) is 48.9 Å². The van der Waals surface area contributed by atoms with Crippen LogP contribution in [-0.4, -0.2) is 53.5 Å². The third-order valence-corrected chi connectivity index (χ3v) is 7.80. The van der Waals surface area contributed by atoms with Crippen LogP contribution < -0.4 is 33.7 Å². The summed E-state index contributed by atoms with van der Waals surface area (Å²) >= 11 is 0. The summed E-state index contributed by atoms with van der Waals surface area (Å²) in [5.41, 5.74) is 3.22. The number of pyridine rings is 1. The normalized spacial score (nSPS) is 17.8. The SMILES string of the molecule is COc1cc([C@H]2C[C@@H](c3cc(OC)c(OC)c(OC)c3)C2C(=O)Nc2cccc3cccnc23)cc(OC)c1OC. The van der Waals surface area contributed by atoms with Gasteiger partial charge in [0, 0.05) is 11.6 Å². The minimum absolute atomic E-state index is 0.119. The van der Waals surface area contributed by atoms with Gasteiger partial charge in [-0.3, -0.25) is 9.78 Å². The van der Waals surface area contributed by atoms with Crippen LogP contribution in [0.4, 0.5) is 5.69 Å². The summed E-state index contributed by atoms with van der Waals surface area (Å²) in [6.45, 7) is 0. The van der Waals surface area contributed by atoms with Crippen molar-refractivity contribution < 1.29 is 33.2 Å². The first-order chi connectivity index (χ1) is 20.0. The summed E-state index contributed by atoms with van der Waals surface area (Å²) in [4.78, 5) is 18.7. The zero-order valence-corrected chi connectivity index (χ0v) is 24.0. The number of para-hydroxylation sites is 1. The van der Waals surface area contributed by atoms with E-state index in [0.29, 0.717) is 46.6 Å². The van der Waals surface area contributed by atoms with Crippen LogP contribution in [0.2, 0.25) is 0 Å². The lowest BCUT2D eigenvalue weighted by atomic mass is 9.59. The fourth-order valence-corrected chi connectivity index (χ4v) is 5.76. The Kier molecular flexibility index (Phi) is 8.05. The van der Waals surface area contributed by atoms with E-state index in [0.717, 1.165) is 22.0 Å².